The van der Waals surface area contributed by atoms with Crippen molar-refractivity contribution in [1.29, 1.82) is 0 Å². The first-order chi connectivity index (χ1) is 14.1. The van der Waals surface area contributed by atoms with Crippen LogP contribution in [0.25, 0.3) is 0 Å². The van der Waals surface area contributed by atoms with Crippen molar-refractivity contribution >= 4 is 15.5 Å². The molecule has 1 N–H and O–H groups in total. The molecule has 30 heavy (non-hydrogen) atoms. The summed E-state index contributed by atoms with van der Waals surface area (Å²) in [7, 11) is -5.19. The van der Waals surface area contributed by atoms with Gasteiger partial charge in [0.1, 0.15) is 5.41 Å². The Bertz CT molecular complexity index is 1010. The Hall–Kier alpha value is -2.92. The number of aliphatic hydroxyl groups is 1. The molecule has 2 aromatic carbocycles. The summed E-state index contributed by atoms with van der Waals surface area (Å²) in [6, 6.07) is 10.5. The molecule has 11 heteroatoms. The number of nitro benzene ring substituents is 1. The Morgan fingerprint density at radius 2 is 1.57 bits per heavy atom. The maximum absolute atomic E-state index is 16.5. The Kier molecular flexibility index (Phi) is 6.88. The van der Waals surface area contributed by atoms with E-state index in [1.807, 2.05) is 0 Å². The molecule has 0 aromatic heterocycles. The van der Waals surface area contributed by atoms with Crippen LogP contribution in [0, 0.1) is 20.2 Å². The lowest BCUT2D eigenvalue weighted by atomic mass is 9.73. The zero-order valence-corrected chi connectivity index (χ0v) is 16.9. The number of halogens is 1. The van der Waals surface area contributed by atoms with E-state index >= 15 is 4.39 Å². The fourth-order valence-electron chi connectivity index (χ4n) is 3.71. The van der Waals surface area contributed by atoms with Gasteiger partial charge in [0.15, 0.2) is 0 Å². The van der Waals surface area contributed by atoms with Crippen LogP contribution in [0.15, 0.2) is 59.5 Å². The Morgan fingerprint density at radius 1 is 1.00 bits per heavy atom. The van der Waals surface area contributed by atoms with Gasteiger partial charge in [-0.2, -0.15) is 0 Å². The standard InChI is InChI=1S/C19H21FN2O7S/c1-2-12-18(13-14-23,15-8-10-16(11-9-15)21(24)25)19(20,22(26)27)30(28,29)17-6-4-3-5-7-17/h3-11,23H,2,12-14H2,1H3/t18-,19?/m0/s1. The van der Waals surface area contributed by atoms with Crippen molar-refractivity contribution in [2.45, 2.75) is 41.6 Å². The highest BCUT2D eigenvalue weighted by atomic mass is 32.2. The second kappa shape index (κ2) is 8.84. The molecule has 0 aliphatic rings. The molecular weight excluding hydrogens is 419 g/mol. The normalized spacial score (nSPS) is 15.7. The van der Waals surface area contributed by atoms with Crippen LogP contribution >= 0.6 is 0 Å². The molecule has 0 bridgehead atoms. The number of aliphatic hydroxyl groups excluding tert-OH is 1. The van der Waals surface area contributed by atoms with Gasteiger partial charge >= 0.3 is 5.12 Å². The predicted octanol–water partition coefficient (Wildman–Crippen LogP) is 3.39. The summed E-state index contributed by atoms with van der Waals surface area (Å²) in [5, 5.41) is 28.6. The van der Waals surface area contributed by atoms with Crippen molar-refractivity contribution in [3.8, 4) is 0 Å². The van der Waals surface area contributed by atoms with E-state index in [9.17, 15) is 33.8 Å². The minimum absolute atomic E-state index is 0.122. The van der Waals surface area contributed by atoms with Crippen molar-refractivity contribution in [3.05, 3.63) is 80.4 Å². The van der Waals surface area contributed by atoms with Crippen LogP contribution in [-0.2, 0) is 15.3 Å². The average molecular weight is 440 g/mol. The predicted molar refractivity (Wildman–Crippen MR) is 106 cm³/mol. The molecule has 2 rings (SSSR count). The summed E-state index contributed by atoms with van der Waals surface area (Å²) in [5.41, 5.74) is -2.75. The smallest absolute Gasteiger partial charge is 0.396 e. The molecule has 0 heterocycles. The van der Waals surface area contributed by atoms with Gasteiger partial charge in [0.25, 0.3) is 15.5 Å². The third kappa shape index (κ3) is 3.65. The first kappa shape index (κ1) is 23.4. The molecular formula is C19H21FN2O7S. The lowest BCUT2D eigenvalue weighted by Gasteiger charge is -2.38. The first-order valence-corrected chi connectivity index (χ1v) is 10.6. The molecule has 0 spiro atoms. The number of hydrogen-bond donors (Lipinski definition) is 1. The molecule has 162 valence electrons. The quantitative estimate of drug-likeness (QED) is 0.339. The van der Waals surface area contributed by atoms with Crippen LogP contribution in [0.4, 0.5) is 10.1 Å². The van der Waals surface area contributed by atoms with E-state index in [4.69, 9.17) is 0 Å². The first-order valence-electron chi connectivity index (χ1n) is 9.07. The summed E-state index contributed by atoms with van der Waals surface area (Å²) in [6.45, 7) is 0.855. The zero-order chi connectivity index (χ0) is 22.6. The summed E-state index contributed by atoms with van der Waals surface area (Å²) in [5.74, 6) is 0. The molecule has 2 atom stereocenters. The van der Waals surface area contributed by atoms with E-state index in [0.717, 1.165) is 36.4 Å². The third-order valence-electron chi connectivity index (χ3n) is 5.08. The summed E-state index contributed by atoms with van der Waals surface area (Å²) in [6.07, 6.45) is -0.724. The van der Waals surface area contributed by atoms with E-state index < -0.39 is 48.1 Å². The number of rotatable bonds is 10. The number of nitrogens with zero attached hydrogens (tertiary/aromatic N) is 2. The monoisotopic (exact) mass is 440 g/mol. The Labute approximate surface area is 172 Å². The molecule has 0 aliphatic carbocycles. The van der Waals surface area contributed by atoms with Gasteiger partial charge in [-0.1, -0.05) is 43.7 Å². The fourth-order valence-corrected chi connectivity index (χ4v) is 5.57. The second-order valence-electron chi connectivity index (χ2n) is 6.74. The number of hydrogen-bond acceptors (Lipinski definition) is 7. The van der Waals surface area contributed by atoms with Crippen molar-refractivity contribution in [3.63, 3.8) is 0 Å². The molecule has 0 amide bonds. The van der Waals surface area contributed by atoms with Crippen molar-refractivity contribution in [2.75, 3.05) is 6.61 Å². The van der Waals surface area contributed by atoms with Gasteiger partial charge in [0.2, 0.25) is 0 Å². The van der Waals surface area contributed by atoms with Gasteiger partial charge in [-0.25, -0.2) is 8.42 Å². The maximum Gasteiger partial charge on any atom is 0.472 e. The van der Waals surface area contributed by atoms with Gasteiger partial charge in [0, 0.05) is 18.7 Å². The van der Waals surface area contributed by atoms with E-state index in [0.29, 0.717) is 0 Å². The van der Waals surface area contributed by atoms with Gasteiger partial charge in [-0.3, -0.25) is 20.2 Å². The molecule has 9 nitrogen and oxygen atoms in total. The minimum atomic E-state index is -5.19. The highest BCUT2D eigenvalue weighted by Crippen LogP contribution is 2.50. The van der Waals surface area contributed by atoms with Crippen LogP contribution in [0.1, 0.15) is 31.7 Å². The van der Waals surface area contributed by atoms with Crippen molar-refractivity contribution in [2.24, 2.45) is 0 Å². The Balaban J connectivity index is 2.88. The van der Waals surface area contributed by atoms with Crippen molar-refractivity contribution < 1.29 is 27.8 Å². The maximum atomic E-state index is 16.5. The Morgan fingerprint density at radius 3 is 2.00 bits per heavy atom. The van der Waals surface area contributed by atoms with Gasteiger partial charge in [0.05, 0.1) is 14.7 Å². The topological polar surface area (TPSA) is 141 Å². The largest absolute Gasteiger partial charge is 0.472 e. The summed E-state index contributed by atoms with van der Waals surface area (Å²) >= 11 is 0. The highest BCUT2D eigenvalue weighted by molar-refractivity contribution is 7.92. The lowest BCUT2D eigenvalue weighted by molar-refractivity contribution is -0.589. The average Bonchev–Trinajstić information content (AvgIpc) is 2.73. The minimum Gasteiger partial charge on any atom is -0.396 e. The molecule has 0 fully saturated rings. The summed E-state index contributed by atoms with van der Waals surface area (Å²) in [4.78, 5) is 20.2. The molecule has 0 aliphatic heterocycles. The number of sulfone groups is 1. The number of alkyl halides is 1. The van der Waals surface area contributed by atoms with Gasteiger partial charge in [-0.15, -0.1) is 4.39 Å². The fraction of sp³-hybridized carbons (Fsp3) is 0.368. The van der Waals surface area contributed by atoms with E-state index in [1.54, 1.807) is 6.92 Å². The molecule has 0 radical (unpaired) electrons. The van der Waals surface area contributed by atoms with Crippen molar-refractivity contribution in [1.82, 2.24) is 0 Å². The number of non-ortho nitro benzene ring substituents is 1. The van der Waals surface area contributed by atoms with E-state index in [-0.39, 0.29) is 24.1 Å². The summed E-state index contributed by atoms with van der Waals surface area (Å²) < 4.78 is 43.0. The number of nitro groups is 2. The second-order valence-corrected chi connectivity index (χ2v) is 8.76. The third-order valence-corrected chi connectivity index (χ3v) is 7.23. The van der Waals surface area contributed by atoms with Crippen LogP contribution in [0.5, 0.6) is 0 Å². The van der Waals surface area contributed by atoms with Crippen LogP contribution in [-0.4, -0.2) is 35.1 Å². The van der Waals surface area contributed by atoms with Crippen LogP contribution in [0.2, 0.25) is 0 Å². The van der Waals surface area contributed by atoms with E-state index in [1.165, 1.54) is 18.2 Å². The van der Waals surface area contributed by atoms with Gasteiger partial charge < -0.3 is 5.11 Å². The lowest BCUT2D eigenvalue weighted by Crippen LogP contribution is -2.59. The van der Waals surface area contributed by atoms with Crippen LogP contribution < -0.4 is 0 Å². The number of benzene rings is 2. The zero-order valence-electron chi connectivity index (χ0n) is 16.1. The molecule has 1 unspecified atom stereocenters. The van der Waals surface area contributed by atoms with Gasteiger partial charge in [-0.05, 0) is 30.5 Å². The molecule has 2 aromatic rings. The highest BCUT2D eigenvalue weighted by Gasteiger charge is 2.72. The van der Waals surface area contributed by atoms with E-state index in [2.05, 4.69) is 0 Å². The van der Waals surface area contributed by atoms with Crippen LogP contribution in [0.3, 0.4) is 0 Å². The molecule has 0 saturated carbocycles. The SMILES string of the molecule is CCC[C@](CCO)(c1ccc([N+](=O)[O-])cc1)C(F)([N+](=O)[O-])S(=O)(=O)c1ccccc1. The molecule has 0 saturated heterocycles.